The van der Waals surface area contributed by atoms with Crippen molar-refractivity contribution in [1.82, 2.24) is 9.55 Å². The van der Waals surface area contributed by atoms with E-state index in [9.17, 15) is 18.0 Å². The number of carbonyl (C=O) groups is 1. The van der Waals surface area contributed by atoms with Crippen LogP contribution in [0, 0.1) is 0 Å². The van der Waals surface area contributed by atoms with E-state index in [1.165, 1.54) is 17.2 Å². The van der Waals surface area contributed by atoms with Crippen LogP contribution in [0.2, 0.25) is 5.02 Å². The van der Waals surface area contributed by atoms with Gasteiger partial charge in [-0.05, 0) is 49.4 Å². The van der Waals surface area contributed by atoms with Crippen molar-refractivity contribution in [2.24, 2.45) is 0 Å². The highest BCUT2D eigenvalue weighted by molar-refractivity contribution is 8.14. The Morgan fingerprint density at radius 1 is 1.29 bits per heavy atom. The Labute approximate surface area is 203 Å². The number of imidazole rings is 1. The summed E-state index contributed by atoms with van der Waals surface area (Å²) in [6.45, 7) is 3.67. The number of allylic oxidation sites excluding steroid dienone is 4. The van der Waals surface area contributed by atoms with Crippen molar-refractivity contribution in [2.75, 3.05) is 12.0 Å². The number of alkyl halides is 3. The molecule has 1 aromatic heterocycles. The van der Waals surface area contributed by atoms with Crippen molar-refractivity contribution in [1.29, 1.82) is 0 Å². The zero-order valence-corrected chi connectivity index (χ0v) is 20.0. The molecule has 0 amide bonds. The Bertz CT molecular complexity index is 1360. The molecule has 34 heavy (non-hydrogen) atoms. The molecule has 1 spiro atoms. The first kappa shape index (κ1) is 22.9. The van der Waals surface area contributed by atoms with Gasteiger partial charge >= 0.3 is 6.18 Å². The lowest BCUT2D eigenvalue weighted by Crippen LogP contribution is -2.50. The Hall–Kier alpha value is -2.91. The van der Waals surface area contributed by atoms with Crippen molar-refractivity contribution in [3.8, 4) is 0 Å². The van der Waals surface area contributed by atoms with E-state index in [1.54, 1.807) is 42.0 Å². The molecular formula is C24H19ClF3N3O2S. The quantitative estimate of drug-likeness (QED) is 0.440. The van der Waals surface area contributed by atoms with E-state index < -0.39 is 17.4 Å². The minimum absolute atomic E-state index is 0.105. The third-order valence-electron chi connectivity index (χ3n) is 6.18. The maximum absolute atomic E-state index is 14.1. The fourth-order valence-electron chi connectivity index (χ4n) is 5.04. The molecule has 3 aliphatic rings. The standard InChI is InChI=1S/C24H19ClF3N3O2S/c1-13-11-23-9-5-8-17(24(26,27)28)31(23)22-29-12-18(30(22)20(23)14(2)19(13)33-3)34-21(32)15-6-4-7-16(25)10-15/h4-10,12H,11H2,1-3H3. The minimum atomic E-state index is -4.60. The van der Waals surface area contributed by atoms with Crippen molar-refractivity contribution < 1.29 is 22.7 Å². The van der Waals surface area contributed by atoms with Crippen molar-refractivity contribution in [2.45, 2.75) is 37.0 Å². The van der Waals surface area contributed by atoms with Gasteiger partial charge in [0, 0.05) is 22.6 Å². The summed E-state index contributed by atoms with van der Waals surface area (Å²) in [6, 6.07) is 6.52. The monoisotopic (exact) mass is 505 g/mol. The van der Waals surface area contributed by atoms with E-state index in [0.717, 1.165) is 23.4 Å². The summed E-state index contributed by atoms with van der Waals surface area (Å²) in [6.07, 6.45) is 1.37. The van der Waals surface area contributed by atoms with Gasteiger partial charge in [0.1, 0.15) is 22.0 Å². The van der Waals surface area contributed by atoms with Crippen LogP contribution in [-0.4, -0.2) is 33.5 Å². The van der Waals surface area contributed by atoms with Gasteiger partial charge in [0.2, 0.25) is 11.1 Å². The molecule has 0 saturated heterocycles. The smallest absolute Gasteiger partial charge is 0.431 e. The summed E-state index contributed by atoms with van der Waals surface area (Å²) in [4.78, 5) is 18.6. The van der Waals surface area contributed by atoms with Crippen molar-refractivity contribution in [3.05, 3.63) is 81.9 Å². The SMILES string of the molecule is COC1=C(C)CC23C=CC=C(C(F)(F)F)N2c2ncc(SC(=O)c4cccc(Cl)c4)n2C3=C1C. The third kappa shape index (κ3) is 3.25. The van der Waals surface area contributed by atoms with Crippen molar-refractivity contribution >= 4 is 40.1 Å². The fraction of sp³-hybridized carbons (Fsp3) is 0.250. The summed E-state index contributed by atoms with van der Waals surface area (Å²) in [5.74, 6) is 0.726. The number of thioether (sulfide) groups is 1. The first-order chi connectivity index (χ1) is 16.1. The molecule has 1 aromatic carbocycles. The number of ether oxygens (including phenoxy) is 1. The van der Waals surface area contributed by atoms with Crippen LogP contribution in [0.1, 0.15) is 30.6 Å². The number of anilines is 1. The van der Waals surface area contributed by atoms with Crippen LogP contribution in [0.25, 0.3) is 5.70 Å². The third-order valence-corrected chi connectivity index (χ3v) is 7.33. The number of hydrogen-bond acceptors (Lipinski definition) is 5. The minimum Gasteiger partial charge on any atom is -0.496 e. The molecule has 176 valence electrons. The molecule has 0 N–H and O–H groups in total. The molecule has 10 heteroatoms. The molecule has 1 aliphatic carbocycles. The lowest BCUT2D eigenvalue weighted by molar-refractivity contribution is -0.0945. The molecule has 0 radical (unpaired) electrons. The number of rotatable bonds is 3. The topological polar surface area (TPSA) is 47.4 Å². The number of benzene rings is 1. The Morgan fingerprint density at radius 2 is 2.06 bits per heavy atom. The normalized spacial score (nSPS) is 21.4. The van der Waals surface area contributed by atoms with Crippen molar-refractivity contribution in [3.63, 3.8) is 0 Å². The van der Waals surface area contributed by atoms with Gasteiger partial charge in [-0.1, -0.05) is 35.9 Å². The Kier molecular flexibility index (Phi) is 5.25. The molecule has 0 bridgehead atoms. The molecule has 0 saturated carbocycles. The van der Waals surface area contributed by atoms with Crippen LogP contribution >= 0.6 is 23.4 Å². The van der Waals surface area contributed by atoms with E-state index in [1.807, 2.05) is 13.8 Å². The van der Waals surface area contributed by atoms with Crippen LogP contribution in [0.15, 0.2) is 76.3 Å². The average Bonchev–Trinajstić information content (AvgIpc) is 3.28. The number of hydrogen-bond donors (Lipinski definition) is 0. The van der Waals surface area contributed by atoms with E-state index in [-0.39, 0.29) is 17.5 Å². The second kappa shape index (κ2) is 7.81. The van der Waals surface area contributed by atoms with Crippen LogP contribution in [-0.2, 0) is 4.74 Å². The van der Waals surface area contributed by atoms with Gasteiger partial charge in [0.05, 0.1) is 19.0 Å². The van der Waals surface area contributed by atoms with Gasteiger partial charge in [-0.15, -0.1) is 0 Å². The van der Waals surface area contributed by atoms with Gasteiger partial charge in [-0.3, -0.25) is 14.3 Å². The highest BCUT2D eigenvalue weighted by Crippen LogP contribution is 2.57. The fourth-order valence-corrected chi connectivity index (χ4v) is 6.03. The second-order valence-electron chi connectivity index (χ2n) is 8.26. The number of fused-ring (bicyclic) bond motifs is 3. The van der Waals surface area contributed by atoms with Crippen LogP contribution in [0.5, 0.6) is 0 Å². The van der Waals surface area contributed by atoms with Gasteiger partial charge < -0.3 is 4.74 Å². The molecule has 5 rings (SSSR count). The molecule has 3 heterocycles. The van der Waals surface area contributed by atoms with E-state index >= 15 is 0 Å². The van der Waals surface area contributed by atoms with Gasteiger partial charge in [-0.25, -0.2) is 4.98 Å². The van der Waals surface area contributed by atoms with E-state index in [4.69, 9.17) is 16.3 Å². The number of carbonyl (C=O) groups excluding carboxylic acids is 1. The highest BCUT2D eigenvalue weighted by Gasteiger charge is 2.58. The molecule has 2 aliphatic heterocycles. The molecule has 0 fully saturated rings. The maximum Gasteiger partial charge on any atom is 0.431 e. The first-order valence-electron chi connectivity index (χ1n) is 10.4. The maximum atomic E-state index is 14.1. The van der Waals surface area contributed by atoms with Crippen LogP contribution in [0.4, 0.5) is 19.1 Å². The largest absolute Gasteiger partial charge is 0.496 e. The molecule has 5 nitrogen and oxygen atoms in total. The number of halogens is 4. The van der Waals surface area contributed by atoms with Gasteiger partial charge in [0.25, 0.3) is 0 Å². The molecule has 1 unspecified atom stereocenters. The average molecular weight is 506 g/mol. The predicted molar refractivity (Wildman–Crippen MR) is 126 cm³/mol. The lowest BCUT2D eigenvalue weighted by atomic mass is 9.78. The first-order valence-corrected chi connectivity index (χ1v) is 11.6. The summed E-state index contributed by atoms with van der Waals surface area (Å²) in [7, 11) is 1.54. The number of methoxy groups -OCH3 is 1. The van der Waals surface area contributed by atoms with Crippen LogP contribution < -0.4 is 4.90 Å². The summed E-state index contributed by atoms with van der Waals surface area (Å²) < 4.78 is 49.7. The lowest BCUT2D eigenvalue weighted by Gasteiger charge is -2.43. The van der Waals surface area contributed by atoms with Gasteiger partial charge in [0.15, 0.2) is 0 Å². The zero-order chi connectivity index (χ0) is 24.4. The van der Waals surface area contributed by atoms with Gasteiger partial charge in [-0.2, -0.15) is 13.2 Å². The van der Waals surface area contributed by atoms with E-state index in [0.29, 0.717) is 32.6 Å². The second-order valence-corrected chi connectivity index (χ2v) is 9.69. The molecule has 1 atom stereocenters. The van der Waals surface area contributed by atoms with E-state index in [2.05, 4.69) is 4.98 Å². The Balaban J connectivity index is 1.70. The zero-order valence-electron chi connectivity index (χ0n) is 18.4. The summed E-state index contributed by atoms with van der Waals surface area (Å²) >= 11 is 6.92. The number of aromatic nitrogens is 2. The summed E-state index contributed by atoms with van der Waals surface area (Å²) in [5, 5.41) is 0.536. The predicted octanol–water partition coefficient (Wildman–Crippen LogP) is 6.60. The Morgan fingerprint density at radius 3 is 2.74 bits per heavy atom. The molecular weight excluding hydrogens is 487 g/mol. The summed E-state index contributed by atoms with van der Waals surface area (Å²) in [5.41, 5.74) is 0.561. The highest BCUT2D eigenvalue weighted by atomic mass is 35.5. The number of nitrogens with zero attached hydrogens (tertiary/aromatic N) is 3. The molecule has 2 aromatic rings. The van der Waals surface area contributed by atoms with Crippen LogP contribution in [0.3, 0.4) is 0 Å².